The molecule has 0 spiro atoms. The van der Waals surface area contributed by atoms with Crippen molar-refractivity contribution in [2.24, 2.45) is 5.92 Å². The van der Waals surface area contributed by atoms with Gasteiger partial charge in [-0.3, -0.25) is 13.9 Å². The number of sulfonamides is 1. The number of methoxy groups -OCH3 is 4. The number of hydrogen-bond acceptors (Lipinski definition) is 8. The van der Waals surface area contributed by atoms with Crippen LogP contribution in [0.4, 0.5) is 5.69 Å². The number of carbonyl (C=O) groups excluding carboxylic acids is 2. The molecule has 11 nitrogen and oxygen atoms in total. The average molecular weight is 656 g/mol. The minimum Gasteiger partial charge on any atom is -0.497 e. The first-order valence-electron chi connectivity index (χ1n) is 15.0. The van der Waals surface area contributed by atoms with Crippen LogP contribution in [0.2, 0.25) is 0 Å². The number of amides is 2. The third-order valence-corrected chi connectivity index (χ3v) is 9.14. The molecule has 0 aliphatic carbocycles. The van der Waals surface area contributed by atoms with Crippen molar-refractivity contribution < 1.29 is 37.0 Å². The lowest BCUT2D eigenvalue weighted by atomic mass is 10.1. The Morgan fingerprint density at radius 2 is 1.52 bits per heavy atom. The fraction of sp³-hybridized carbons (Fsp3) is 0.412. The summed E-state index contributed by atoms with van der Waals surface area (Å²) in [5.41, 5.74) is 1.87. The van der Waals surface area contributed by atoms with Gasteiger partial charge in [0.15, 0.2) is 11.5 Å². The first-order valence-corrected chi connectivity index (χ1v) is 16.4. The Labute approximate surface area is 272 Å². The van der Waals surface area contributed by atoms with E-state index in [0.29, 0.717) is 24.5 Å². The van der Waals surface area contributed by atoms with Crippen LogP contribution >= 0.6 is 0 Å². The number of hydrogen-bond donors (Lipinski definition) is 1. The van der Waals surface area contributed by atoms with Gasteiger partial charge in [-0.25, -0.2) is 8.42 Å². The Bertz CT molecular complexity index is 1610. The predicted molar refractivity (Wildman–Crippen MR) is 177 cm³/mol. The highest BCUT2D eigenvalue weighted by atomic mass is 32.2. The van der Waals surface area contributed by atoms with Gasteiger partial charge in [-0.2, -0.15) is 0 Å². The van der Waals surface area contributed by atoms with Gasteiger partial charge in [0.2, 0.25) is 11.8 Å². The summed E-state index contributed by atoms with van der Waals surface area (Å²) in [7, 11) is 1.27. The van der Waals surface area contributed by atoms with Gasteiger partial charge in [-0.05, 0) is 49.1 Å². The molecule has 250 valence electrons. The highest BCUT2D eigenvalue weighted by Crippen LogP contribution is 2.38. The molecule has 2 amide bonds. The van der Waals surface area contributed by atoms with Crippen molar-refractivity contribution in [1.29, 1.82) is 0 Å². The summed E-state index contributed by atoms with van der Waals surface area (Å²) in [5.74, 6) is 0.390. The van der Waals surface area contributed by atoms with Gasteiger partial charge in [0, 0.05) is 25.2 Å². The van der Waals surface area contributed by atoms with E-state index in [9.17, 15) is 18.0 Å². The zero-order valence-corrected chi connectivity index (χ0v) is 28.6. The van der Waals surface area contributed by atoms with Crippen LogP contribution in [0.5, 0.6) is 23.0 Å². The van der Waals surface area contributed by atoms with Crippen LogP contribution in [-0.4, -0.2) is 72.7 Å². The molecule has 1 unspecified atom stereocenters. The second-order valence-electron chi connectivity index (χ2n) is 11.1. The number of carbonyl (C=O) groups is 2. The molecule has 0 bridgehead atoms. The quantitative estimate of drug-likeness (QED) is 0.233. The van der Waals surface area contributed by atoms with Crippen LogP contribution < -0.4 is 28.6 Å². The van der Waals surface area contributed by atoms with Crippen molar-refractivity contribution in [2.45, 2.75) is 51.6 Å². The summed E-state index contributed by atoms with van der Waals surface area (Å²) >= 11 is 0. The lowest BCUT2D eigenvalue weighted by Gasteiger charge is -2.33. The maximum absolute atomic E-state index is 14.5. The van der Waals surface area contributed by atoms with Crippen molar-refractivity contribution in [3.05, 3.63) is 71.8 Å². The molecule has 1 N–H and O–H groups in total. The molecule has 1 atom stereocenters. The van der Waals surface area contributed by atoms with E-state index in [0.717, 1.165) is 15.4 Å². The zero-order valence-electron chi connectivity index (χ0n) is 27.8. The third-order valence-electron chi connectivity index (χ3n) is 7.38. The van der Waals surface area contributed by atoms with E-state index in [-0.39, 0.29) is 40.5 Å². The molecule has 0 aliphatic rings. The van der Waals surface area contributed by atoms with E-state index in [1.54, 1.807) is 12.1 Å². The standard InChI is InChI=1S/C34H45N3O8S/c1-9-28(34(39)35-20-23(2)3)36(21-25-12-10-11-24(4)17-25)33(38)22-37(29-18-26(42-5)13-15-30(29)43-6)46(40,41)27-14-16-31(44-7)32(19-27)45-8/h10-19,23,28H,9,20-22H2,1-8H3,(H,35,39). The van der Waals surface area contributed by atoms with Gasteiger partial charge in [0.25, 0.3) is 10.0 Å². The van der Waals surface area contributed by atoms with E-state index in [4.69, 9.17) is 18.9 Å². The maximum atomic E-state index is 14.5. The first-order chi connectivity index (χ1) is 21.9. The molecule has 0 aliphatic heterocycles. The van der Waals surface area contributed by atoms with Gasteiger partial charge in [-0.15, -0.1) is 0 Å². The van der Waals surface area contributed by atoms with Crippen molar-refractivity contribution in [3.8, 4) is 23.0 Å². The topological polar surface area (TPSA) is 124 Å². The zero-order chi connectivity index (χ0) is 34.0. The van der Waals surface area contributed by atoms with Crippen LogP contribution in [0.1, 0.15) is 38.3 Å². The monoisotopic (exact) mass is 655 g/mol. The smallest absolute Gasteiger partial charge is 0.265 e. The van der Waals surface area contributed by atoms with Gasteiger partial charge in [-0.1, -0.05) is 50.6 Å². The Kier molecular flexibility index (Phi) is 12.7. The fourth-order valence-electron chi connectivity index (χ4n) is 4.96. The number of nitrogens with one attached hydrogen (secondary N) is 1. The summed E-state index contributed by atoms with van der Waals surface area (Å²) in [6, 6.07) is 15.6. The molecular weight excluding hydrogens is 610 g/mol. The van der Waals surface area contributed by atoms with Gasteiger partial charge < -0.3 is 29.2 Å². The molecule has 0 saturated heterocycles. The lowest BCUT2D eigenvalue weighted by Crippen LogP contribution is -2.52. The minimum absolute atomic E-state index is 0.0813. The SMILES string of the molecule is CCC(C(=O)NCC(C)C)N(Cc1cccc(C)c1)C(=O)CN(c1cc(OC)ccc1OC)S(=O)(=O)c1ccc(OC)c(OC)c1. The molecule has 0 saturated carbocycles. The molecule has 3 aromatic carbocycles. The highest BCUT2D eigenvalue weighted by Gasteiger charge is 2.35. The van der Waals surface area contributed by atoms with Crippen LogP contribution in [0.25, 0.3) is 0 Å². The average Bonchev–Trinajstić information content (AvgIpc) is 3.05. The summed E-state index contributed by atoms with van der Waals surface area (Å²) in [4.78, 5) is 29.2. The summed E-state index contributed by atoms with van der Waals surface area (Å²) < 4.78 is 51.5. The van der Waals surface area contributed by atoms with Crippen molar-refractivity contribution in [3.63, 3.8) is 0 Å². The van der Waals surface area contributed by atoms with Crippen LogP contribution in [0.15, 0.2) is 65.6 Å². The maximum Gasteiger partial charge on any atom is 0.265 e. The largest absolute Gasteiger partial charge is 0.497 e. The predicted octanol–water partition coefficient (Wildman–Crippen LogP) is 4.80. The fourth-order valence-corrected chi connectivity index (χ4v) is 6.39. The second kappa shape index (κ2) is 16.2. The van der Waals surface area contributed by atoms with Crippen LogP contribution in [0, 0.1) is 12.8 Å². The highest BCUT2D eigenvalue weighted by molar-refractivity contribution is 7.92. The molecule has 0 aromatic heterocycles. The number of rotatable bonds is 16. The Balaban J connectivity index is 2.19. The van der Waals surface area contributed by atoms with Gasteiger partial charge in [0.05, 0.1) is 39.0 Å². The molecule has 0 heterocycles. The Morgan fingerprint density at radius 1 is 0.848 bits per heavy atom. The first kappa shape index (κ1) is 36.0. The van der Waals surface area contributed by atoms with E-state index < -0.39 is 28.5 Å². The van der Waals surface area contributed by atoms with Gasteiger partial charge >= 0.3 is 0 Å². The summed E-state index contributed by atoms with van der Waals surface area (Å²) in [6.45, 7) is 7.61. The van der Waals surface area contributed by atoms with E-state index in [1.807, 2.05) is 52.0 Å². The van der Waals surface area contributed by atoms with Crippen molar-refractivity contribution in [2.75, 3.05) is 45.8 Å². The van der Waals surface area contributed by atoms with Crippen molar-refractivity contribution >= 4 is 27.5 Å². The lowest BCUT2D eigenvalue weighted by molar-refractivity contribution is -0.140. The normalized spacial score (nSPS) is 11.8. The van der Waals surface area contributed by atoms with E-state index >= 15 is 0 Å². The minimum atomic E-state index is -4.44. The number of ether oxygens (including phenoxy) is 4. The summed E-state index contributed by atoms with van der Waals surface area (Å²) in [5, 5.41) is 2.94. The number of anilines is 1. The molecule has 3 aromatic rings. The third kappa shape index (κ3) is 8.63. The second-order valence-corrected chi connectivity index (χ2v) is 13.0. The summed E-state index contributed by atoms with van der Waals surface area (Å²) in [6.07, 6.45) is 0.312. The molecule has 46 heavy (non-hydrogen) atoms. The molecular formula is C34H45N3O8S. The van der Waals surface area contributed by atoms with Crippen LogP contribution in [-0.2, 0) is 26.2 Å². The Morgan fingerprint density at radius 3 is 2.11 bits per heavy atom. The molecule has 0 radical (unpaired) electrons. The van der Waals surface area contributed by atoms with E-state index in [1.165, 1.54) is 57.6 Å². The Hall–Kier alpha value is -4.45. The van der Waals surface area contributed by atoms with Crippen molar-refractivity contribution in [1.82, 2.24) is 10.2 Å². The molecule has 12 heteroatoms. The van der Waals surface area contributed by atoms with Gasteiger partial charge in [0.1, 0.15) is 24.1 Å². The number of benzene rings is 3. The van der Waals surface area contributed by atoms with Crippen LogP contribution in [0.3, 0.4) is 0 Å². The number of aryl methyl sites for hydroxylation is 1. The molecule has 3 rings (SSSR count). The molecule has 0 fully saturated rings. The van der Waals surface area contributed by atoms with E-state index in [2.05, 4.69) is 5.32 Å². The number of nitrogens with zero attached hydrogens (tertiary/aromatic N) is 2.